The average Bonchev–Trinajstić information content (AvgIpc) is 2.81. The Balaban J connectivity index is 2.47. The SMILES string of the molecule is COc1ccc(Br)cc1C(=O)c1cccs1. The number of thiophene rings is 1. The highest BCUT2D eigenvalue weighted by Gasteiger charge is 2.15. The average molecular weight is 297 g/mol. The summed E-state index contributed by atoms with van der Waals surface area (Å²) in [5, 5.41) is 1.89. The van der Waals surface area contributed by atoms with Gasteiger partial charge in [-0.15, -0.1) is 11.3 Å². The third-order valence-electron chi connectivity index (χ3n) is 2.15. The van der Waals surface area contributed by atoms with Gasteiger partial charge in [0.05, 0.1) is 17.6 Å². The van der Waals surface area contributed by atoms with E-state index in [-0.39, 0.29) is 5.78 Å². The van der Waals surface area contributed by atoms with Gasteiger partial charge in [0, 0.05) is 4.47 Å². The molecule has 0 N–H and O–H groups in total. The first-order chi connectivity index (χ1) is 7.72. The van der Waals surface area contributed by atoms with Gasteiger partial charge >= 0.3 is 0 Å². The molecule has 0 bridgehead atoms. The minimum Gasteiger partial charge on any atom is -0.496 e. The Kier molecular flexibility index (Phi) is 3.41. The molecule has 0 saturated heterocycles. The summed E-state index contributed by atoms with van der Waals surface area (Å²) in [4.78, 5) is 12.9. The number of halogens is 1. The molecule has 0 aliphatic carbocycles. The number of hydrogen-bond acceptors (Lipinski definition) is 3. The molecule has 0 atom stereocenters. The summed E-state index contributed by atoms with van der Waals surface area (Å²) in [6, 6.07) is 9.09. The smallest absolute Gasteiger partial charge is 0.206 e. The van der Waals surface area contributed by atoms with Crippen molar-refractivity contribution in [3.63, 3.8) is 0 Å². The fourth-order valence-corrected chi connectivity index (χ4v) is 2.44. The molecular formula is C12H9BrO2S. The van der Waals surface area contributed by atoms with Crippen LogP contribution in [0.4, 0.5) is 0 Å². The third-order valence-corrected chi connectivity index (χ3v) is 3.51. The number of ether oxygens (including phenoxy) is 1. The number of hydrogen-bond donors (Lipinski definition) is 0. The maximum atomic E-state index is 12.1. The zero-order chi connectivity index (χ0) is 11.5. The van der Waals surface area contributed by atoms with E-state index in [0.717, 1.165) is 9.35 Å². The van der Waals surface area contributed by atoms with E-state index in [0.29, 0.717) is 11.3 Å². The molecule has 0 radical (unpaired) electrons. The second-order valence-corrected chi connectivity index (χ2v) is 5.01. The van der Waals surface area contributed by atoms with Crippen molar-refractivity contribution in [3.05, 3.63) is 50.6 Å². The highest BCUT2D eigenvalue weighted by atomic mass is 79.9. The zero-order valence-corrected chi connectivity index (χ0v) is 11.0. The lowest BCUT2D eigenvalue weighted by Gasteiger charge is -2.06. The van der Waals surface area contributed by atoms with Gasteiger partial charge in [-0.3, -0.25) is 4.79 Å². The Bertz CT molecular complexity index is 506. The Morgan fingerprint density at radius 2 is 2.19 bits per heavy atom. The predicted octanol–water partition coefficient (Wildman–Crippen LogP) is 3.75. The molecule has 1 aromatic carbocycles. The molecule has 0 saturated carbocycles. The van der Waals surface area contributed by atoms with Crippen LogP contribution in [0.25, 0.3) is 0 Å². The summed E-state index contributed by atoms with van der Waals surface area (Å²) < 4.78 is 6.05. The standard InChI is InChI=1S/C12H9BrO2S/c1-15-10-5-4-8(13)7-9(10)12(14)11-3-2-6-16-11/h2-7H,1H3. The molecule has 0 aliphatic heterocycles. The van der Waals surface area contributed by atoms with E-state index >= 15 is 0 Å². The van der Waals surface area contributed by atoms with E-state index in [2.05, 4.69) is 15.9 Å². The number of benzene rings is 1. The normalized spacial score (nSPS) is 10.1. The quantitative estimate of drug-likeness (QED) is 0.807. The van der Waals surface area contributed by atoms with Crippen LogP contribution >= 0.6 is 27.3 Å². The van der Waals surface area contributed by atoms with Crippen LogP contribution in [-0.4, -0.2) is 12.9 Å². The number of methoxy groups -OCH3 is 1. The monoisotopic (exact) mass is 296 g/mol. The van der Waals surface area contributed by atoms with Crippen molar-refractivity contribution in [1.82, 2.24) is 0 Å². The van der Waals surface area contributed by atoms with Crippen LogP contribution < -0.4 is 4.74 Å². The highest BCUT2D eigenvalue weighted by molar-refractivity contribution is 9.10. The maximum Gasteiger partial charge on any atom is 0.206 e. The van der Waals surface area contributed by atoms with Gasteiger partial charge in [0.15, 0.2) is 0 Å². The fraction of sp³-hybridized carbons (Fsp3) is 0.0833. The van der Waals surface area contributed by atoms with Crippen molar-refractivity contribution >= 4 is 33.0 Å². The second kappa shape index (κ2) is 4.80. The minimum absolute atomic E-state index is 0.00634. The lowest BCUT2D eigenvalue weighted by atomic mass is 10.1. The Hall–Kier alpha value is -1.13. The van der Waals surface area contributed by atoms with E-state index in [9.17, 15) is 4.79 Å². The van der Waals surface area contributed by atoms with Crippen molar-refractivity contribution in [1.29, 1.82) is 0 Å². The number of carbonyl (C=O) groups is 1. The molecule has 16 heavy (non-hydrogen) atoms. The van der Waals surface area contributed by atoms with Crippen LogP contribution in [0.3, 0.4) is 0 Å². The topological polar surface area (TPSA) is 26.3 Å². The molecule has 1 aromatic heterocycles. The zero-order valence-electron chi connectivity index (χ0n) is 8.57. The molecule has 2 nitrogen and oxygen atoms in total. The van der Waals surface area contributed by atoms with Crippen LogP contribution in [-0.2, 0) is 0 Å². The van der Waals surface area contributed by atoms with E-state index in [4.69, 9.17) is 4.74 Å². The van der Waals surface area contributed by atoms with E-state index < -0.39 is 0 Å². The summed E-state index contributed by atoms with van der Waals surface area (Å²) >= 11 is 4.78. The highest BCUT2D eigenvalue weighted by Crippen LogP contribution is 2.26. The van der Waals surface area contributed by atoms with E-state index in [1.54, 1.807) is 19.2 Å². The first kappa shape index (κ1) is 11.4. The number of carbonyl (C=O) groups excluding carboxylic acids is 1. The van der Waals surface area contributed by atoms with Crippen LogP contribution in [0.5, 0.6) is 5.75 Å². The molecule has 0 amide bonds. The second-order valence-electron chi connectivity index (χ2n) is 3.15. The fourth-order valence-electron chi connectivity index (χ4n) is 1.40. The van der Waals surface area contributed by atoms with Crippen LogP contribution in [0, 0.1) is 0 Å². The molecule has 2 aromatic rings. The van der Waals surface area contributed by atoms with E-state index in [1.165, 1.54) is 11.3 Å². The summed E-state index contributed by atoms with van der Waals surface area (Å²) in [6.07, 6.45) is 0. The summed E-state index contributed by atoms with van der Waals surface area (Å²) in [5.74, 6) is 0.592. The Labute approximate surface area is 106 Å². The minimum atomic E-state index is -0.00634. The Morgan fingerprint density at radius 1 is 1.38 bits per heavy atom. The summed E-state index contributed by atoms with van der Waals surface area (Å²) in [7, 11) is 1.56. The predicted molar refractivity (Wildman–Crippen MR) is 68.4 cm³/mol. The molecule has 0 aliphatic rings. The van der Waals surface area contributed by atoms with Crippen LogP contribution in [0.15, 0.2) is 40.2 Å². The molecule has 82 valence electrons. The summed E-state index contributed by atoms with van der Waals surface area (Å²) in [5.41, 5.74) is 0.583. The maximum absolute atomic E-state index is 12.1. The van der Waals surface area contributed by atoms with Crippen molar-refractivity contribution < 1.29 is 9.53 Å². The van der Waals surface area contributed by atoms with E-state index in [1.807, 2.05) is 23.6 Å². The molecule has 0 fully saturated rings. The van der Waals surface area contributed by atoms with Crippen molar-refractivity contribution in [2.24, 2.45) is 0 Å². The number of ketones is 1. The van der Waals surface area contributed by atoms with Gasteiger partial charge in [0.1, 0.15) is 5.75 Å². The Morgan fingerprint density at radius 3 is 2.81 bits per heavy atom. The largest absolute Gasteiger partial charge is 0.496 e. The number of rotatable bonds is 3. The molecule has 0 spiro atoms. The first-order valence-electron chi connectivity index (χ1n) is 4.64. The first-order valence-corrected chi connectivity index (χ1v) is 6.31. The lowest BCUT2D eigenvalue weighted by molar-refractivity contribution is 0.103. The van der Waals surface area contributed by atoms with Crippen molar-refractivity contribution in [3.8, 4) is 5.75 Å². The van der Waals surface area contributed by atoms with Gasteiger partial charge in [0.2, 0.25) is 5.78 Å². The van der Waals surface area contributed by atoms with Crippen LogP contribution in [0.1, 0.15) is 15.2 Å². The van der Waals surface area contributed by atoms with Gasteiger partial charge in [-0.25, -0.2) is 0 Å². The molecule has 4 heteroatoms. The van der Waals surface area contributed by atoms with Crippen molar-refractivity contribution in [2.75, 3.05) is 7.11 Å². The summed E-state index contributed by atoms with van der Waals surface area (Å²) in [6.45, 7) is 0. The molecule has 0 unspecified atom stereocenters. The van der Waals surface area contributed by atoms with Gasteiger partial charge in [-0.05, 0) is 29.6 Å². The van der Waals surface area contributed by atoms with Crippen molar-refractivity contribution in [2.45, 2.75) is 0 Å². The molecule has 1 heterocycles. The van der Waals surface area contributed by atoms with Gasteiger partial charge < -0.3 is 4.74 Å². The van der Waals surface area contributed by atoms with Gasteiger partial charge in [0.25, 0.3) is 0 Å². The van der Waals surface area contributed by atoms with Gasteiger partial charge in [-0.2, -0.15) is 0 Å². The molecule has 2 rings (SSSR count). The molecular weight excluding hydrogens is 288 g/mol. The lowest BCUT2D eigenvalue weighted by Crippen LogP contribution is -2.01. The van der Waals surface area contributed by atoms with Crippen LogP contribution in [0.2, 0.25) is 0 Å². The third kappa shape index (κ3) is 2.18. The van der Waals surface area contributed by atoms with Gasteiger partial charge in [-0.1, -0.05) is 22.0 Å².